The number of benzene rings is 2. The van der Waals surface area contributed by atoms with E-state index < -0.39 is 0 Å². The van der Waals surface area contributed by atoms with Gasteiger partial charge in [-0.05, 0) is 24.3 Å². The van der Waals surface area contributed by atoms with E-state index in [-0.39, 0.29) is 5.91 Å². The van der Waals surface area contributed by atoms with Gasteiger partial charge in [-0.25, -0.2) is 0 Å². The molecule has 0 saturated carbocycles. The predicted octanol–water partition coefficient (Wildman–Crippen LogP) is 2.49. The van der Waals surface area contributed by atoms with Gasteiger partial charge >= 0.3 is 0 Å². The normalized spacial score (nSPS) is 9.86. The van der Waals surface area contributed by atoms with Crippen molar-refractivity contribution in [1.29, 1.82) is 0 Å². The summed E-state index contributed by atoms with van der Waals surface area (Å²) >= 11 is 0. The summed E-state index contributed by atoms with van der Waals surface area (Å²) in [6.07, 6.45) is 0. The minimum absolute atomic E-state index is 0.173. The third kappa shape index (κ3) is 3.45. The van der Waals surface area contributed by atoms with E-state index in [2.05, 4.69) is 5.43 Å². The first kappa shape index (κ1) is 14.7. The van der Waals surface area contributed by atoms with Crippen molar-refractivity contribution in [3.05, 3.63) is 54.1 Å². The summed E-state index contributed by atoms with van der Waals surface area (Å²) < 4.78 is 10.4. The second-order valence-corrected chi connectivity index (χ2v) is 4.41. The third-order valence-electron chi connectivity index (χ3n) is 3.06. The summed E-state index contributed by atoms with van der Waals surface area (Å²) in [5.74, 6) is 1.08. The number of hydrazine groups is 1. The van der Waals surface area contributed by atoms with Crippen LogP contribution in [0, 0.1) is 0 Å². The third-order valence-corrected chi connectivity index (χ3v) is 3.06. The van der Waals surface area contributed by atoms with E-state index in [0.29, 0.717) is 17.1 Å². The molecule has 0 fully saturated rings. The number of amides is 1. The number of rotatable bonds is 5. The average Bonchev–Trinajstić information content (AvgIpc) is 2.54. The summed E-state index contributed by atoms with van der Waals surface area (Å²) in [7, 11) is 4.92. The van der Waals surface area contributed by atoms with Crippen LogP contribution in [0.3, 0.4) is 0 Å². The van der Waals surface area contributed by atoms with Gasteiger partial charge in [0.1, 0.15) is 0 Å². The highest BCUT2D eigenvalue weighted by molar-refractivity contribution is 5.95. The molecular weight excluding hydrogens is 268 g/mol. The first-order valence-corrected chi connectivity index (χ1v) is 6.47. The summed E-state index contributed by atoms with van der Waals surface area (Å²) in [5, 5.41) is 1.64. The fourth-order valence-corrected chi connectivity index (χ4v) is 1.90. The number of nitrogens with zero attached hydrogens (tertiary/aromatic N) is 1. The van der Waals surface area contributed by atoms with Gasteiger partial charge in [0.2, 0.25) is 0 Å². The number of nitrogens with one attached hydrogen (secondary N) is 1. The molecule has 2 aromatic carbocycles. The Labute approximate surface area is 124 Å². The molecule has 1 amide bonds. The standard InChI is InChI=1S/C16H18N2O3/c1-18(17-16(19)12-7-5-4-6-8-12)13-9-10-14(20-2)15(11-13)21-3/h4-11H,1-3H3,(H,17,19). The number of ether oxygens (including phenoxy) is 2. The Hall–Kier alpha value is -2.69. The van der Waals surface area contributed by atoms with Crippen molar-refractivity contribution in [2.45, 2.75) is 0 Å². The molecule has 0 bridgehead atoms. The van der Waals surface area contributed by atoms with E-state index in [1.165, 1.54) is 0 Å². The van der Waals surface area contributed by atoms with Crippen LogP contribution in [0.1, 0.15) is 10.4 Å². The molecule has 0 aliphatic rings. The monoisotopic (exact) mass is 286 g/mol. The quantitative estimate of drug-likeness (QED) is 0.858. The number of hydrogen-bond acceptors (Lipinski definition) is 4. The van der Waals surface area contributed by atoms with Gasteiger partial charge in [0, 0.05) is 18.7 Å². The van der Waals surface area contributed by atoms with E-state index in [4.69, 9.17) is 9.47 Å². The second kappa shape index (κ2) is 6.65. The van der Waals surface area contributed by atoms with Crippen molar-refractivity contribution >= 4 is 11.6 Å². The molecule has 5 nitrogen and oxygen atoms in total. The summed E-state index contributed by atoms with van der Waals surface area (Å²) in [5.41, 5.74) is 4.19. The highest BCUT2D eigenvalue weighted by Crippen LogP contribution is 2.30. The molecule has 2 aromatic rings. The van der Waals surface area contributed by atoms with Crippen LogP contribution in [0.2, 0.25) is 0 Å². The highest BCUT2D eigenvalue weighted by atomic mass is 16.5. The van der Waals surface area contributed by atoms with E-state index >= 15 is 0 Å². The van der Waals surface area contributed by atoms with Crippen LogP contribution in [-0.2, 0) is 0 Å². The van der Waals surface area contributed by atoms with Gasteiger partial charge in [-0.1, -0.05) is 18.2 Å². The zero-order valence-electron chi connectivity index (χ0n) is 12.3. The molecule has 0 unspecified atom stereocenters. The van der Waals surface area contributed by atoms with Crippen LogP contribution >= 0.6 is 0 Å². The molecule has 0 saturated heterocycles. The van der Waals surface area contributed by atoms with Crippen molar-refractivity contribution in [3.8, 4) is 11.5 Å². The van der Waals surface area contributed by atoms with Crippen LogP contribution in [0.5, 0.6) is 11.5 Å². The molecule has 21 heavy (non-hydrogen) atoms. The lowest BCUT2D eigenvalue weighted by atomic mass is 10.2. The van der Waals surface area contributed by atoms with Gasteiger partial charge < -0.3 is 9.47 Å². The maximum atomic E-state index is 12.1. The molecule has 0 aliphatic carbocycles. The average molecular weight is 286 g/mol. The molecule has 5 heteroatoms. The summed E-state index contributed by atoms with van der Waals surface area (Å²) in [4.78, 5) is 12.1. The lowest BCUT2D eigenvalue weighted by molar-refractivity contribution is 0.0951. The van der Waals surface area contributed by atoms with Crippen molar-refractivity contribution in [2.24, 2.45) is 0 Å². The Bertz CT molecular complexity index is 614. The molecule has 110 valence electrons. The minimum Gasteiger partial charge on any atom is -0.493 e. The minimum atomic E-state index is -0.173. The van der Waals surface area contributed by atoms with Gasteiger partial charge in [0.05, 0.1) is 19.9 Å². The van der Waals surface area contributed by atoms with E-state index in [1.54, 1.807) is 50.5 Å². The lowest BCUT2D eigenvalue weighted by Crippen LogP contribution is -2.39. The van der Waals surface area contributed by atoms with Gasteiger partial charge in [0.25, 0.3) is 5.91 Å². The number of methoxy groups -OCH3 is 2. The van der Waals surface area contributed by atoms with Gasteiger partial charge in [-0.15, -0.1) is 0 Å². The molecule has 1 N–H and O–H groups in total. The fraction of sp³-hybridized carbons (Fsp3) is 0.188. The molecule has 0 aromatic heterocycles. The van der Waals surface area contributed by atoms with E-state index in [9.17, 15) is 4.79 Å². The van der Waals surface area contributed by atoms with Gasteiger partial charge in [-0.3, -0.25) is 15.2 Å². The number of hydrogen-bond donors (Lipinski definition) is 1. The largest absolute Gasteiger partial charge is 0.493 e. The number of anilines is 1. The Morgan fingerprint density at radius 1 is 1.00 bits per heavy atom. The predicted molar refractivity (Wildman–Crippen MR) is 81.9 cm³/mol. The zero-order chi connectivity index (χ0) is 15.2. The van der Waals surface area contributed by atoms with Crippen molar-refractivity contribution in [3.63, 3.8) is 0 Å². The number of carbonyl (C=O) groups is 1. The summed E-state index contributed by atoms with van der Waals surface area (Å²) in [6.45, 7) is 0. The number of carbonyl (C=O) groups excluding carboxylic acids is 1. The summed E-state index contributed by atoms with van der Waals surface area (Å²) in [6, 6.07) is 14.5. The van der Waals surface area contributed by atoms with E-state index in [1.807, 2.05) is 24.3 Å². The molecule has 2 rings (SSSR count). The fourth-order valence-electron chi connectivity index (χ4n) is 1.90. The van der Waals surface area contributed by atoms with Crippen LogP contribution < -0.4 is 19.9 Å². The van der Waals surface area contributed by atoms with E-state index in [0.717, 1.165) is 5.69 Å². The Morgan fingerprint density at radius 2 is 1.67 bits per heavy atom. The molecule has 0 radical (unpaired) electrons. The van der Waals surface area contributed by atoms with Crippen LogP contribution in [-0.4, -0.2) is 27.2 Å². The van der Waals surface area contributed by atoms with Crippen LogP contribution in [0.4, 0.5) is 5.69 Å². The van der Waals surface area contributed by atoms with Gasteiger partial charge in [-0.2, -0.15) is 0 Å². The molecule has 0 aliphatic heterocycles. The molecule has 0 atom stereocenters. The second-order valence-electron chi connectivity index (χ2n) is 4.41. The zero-order valence-corrected chi connectivity index (χ0v) is 12.3. The maximum Gasteiger partial charge on any atom is 0.269 e. The first-order chi connectivity index (χ1) is 10.2. The Balaban J connectivity index is 2.13. The molecular formula is C16H18N2O3. The van der Waals surface area contributed by atoms with Crippen LogP contribution in [0.25, 0.3) is 0 Å². The maximum absolute atomic E-state index is 12.1. The van der Waals surface area contributed by atoms with Crippen molar-refractivity contribution in [2.75, 3.05) is 26.3 Å². The highest BCUT2D eigenvalue weighted by Gasteiger charge is 2.11. The van der Waals surface area contributed by atoms with Crippen molar-refractivity contribution < 1.29 is 14.3 Å². The van der Waals surface area contributed by atoms with Gasteiger partial charge in [0.15, 0.2) is 11.5 Å². The van der Waals surface area contributed by atoms with Crippen molar-refractivity contribution in [1.82, 2.24) is 5.43 Å². The Kier molecular flexibility index (Phi) is 4.66. The molecule has 0 heterocycles. The lowest BCUT2D eigenvalue weighted by Gasteiger charge is -2.21. The van der Waals surface area contributed by atoms with Crippen LogP contribution in [0.15, 0.2) is 48.5 Å². The molecule has 0 spiro atoms. The smallest absolute Gasteiger partial charge is 0.269 e. The SMILES string of the molecule is COc1ccc(N(C)NC(=O)c2ccccc2)cc1OC. The topological polar surface area (TPSA) is 50.8 Å². The Morgan fingerprint density at radius 3 is 2.29 bits per heavy atom. The first-order valence-electron chi connectivity index (χ1n) is 6.47.